The molecule has 1 aliphatic rings. The highest BCUT2D eigenvalue weighted by molar-refractivity contribution is 7.89. The maximum atomic E-state index is 12.6. The van der Waals surface area contributed by atoms with E-state index in [1.54, 1.807) is 14.0 Å². The van der Waals surface area contributed by atoms with E-state index in [2.05, 4.69) is 15.3 Å². The van der Waals surface area contributed by atoms with E-state index < -0.39 is 15.3 Å². The molecule has 1 fully saturated rings. The zero-order valence-electron chi connectivity index (χ0n) is 11.3. The Morgan fingerprint density at radius 2 is 2.26 bits per heavy atom. The second kappa shape index (κ2) is 5.94. The molecule has 1 saturated heterocycles. The molecule has 6 nitrogen and oxygen atoms in total. The predicted octanol–water partition coefficient (Wildman–Crippen LogP) is 0.551. The number of likely N-dealkylation sites (N-methyl/N-ethyl adjacent to an activating group) is 1. The van der Waals surface area contributed by atoms with Gasteiger partial charge in [-0.3, -0.25) is 9.97 Å². The average Bonchev–Trinajstić information content (AvgIpc) is 2.47. The number of rotatable bonds is 4. The van der Waals surface area contributed by atoms with Crippen molar-refractivity contribution < 1.29 is 8.42 Å². The molecule has 19 heavy (non-hydrogen) atoms. The van der Waals surface area contributed by atoms with Gasteiger partial charge in [-0.25, -0.2) is 12.7 Å². The number of hydrogen-bond acceptors (Lipinski definition) is 5. The van der Waals surface area contributed by atoms with Crippen molar-refractivity contribution in [3.05, 3.63) is 24.3 Å². The SMILES string of the molecule is C[C@@H](c1cnccn1)S(=O)(=O)N(C)[C@H]1CCCNC1. The van der Waals surface area contributed by atoms with E-state index in [0.29, 0.717) is 12.2 Å². The Bertz CT molecular complexity index is 500. The van der Waals surface area contributed by atoms with E-state index in [-0.39, 0.29) is 6.04 Å². The monoisotopic (exact) mass is 284 g/mol. The van der Waals surface area contributed by atoms with Crippen LogP contribution in [0, 0.1) is 0 Å². The zero-order valence-corrected chi connectivity index (χ0v) is 12.1. The predicted molar refractivity (Wildman–Crippen MR) is 73.0 cm³/mol. The summed E-state index contributed by atoms with van der Waals surface area (Å²) < 4.78 is 26.6. The van der Waals surface area contributed by atoms with Crippen LogP contribution in [0.25, 0.3) is 0 Å². The average molecular weight is 284 g/mol. The van der Waals surface area contributed by atoms with Gasteiger partial charge in [-0.05, 0) is 26.3 Å². The fourth-order valence-corrected chi connectivity index (χ4v) is 3.80. The first-order valence-corrected chi connectivity index (χ1v) is 7.97. The van der Waals surface area contributed by atoms with E-state index in [1.807, 2.05) is 0 Å². The standard InChI is InChI=1S/C12H20N4O2S/c1-10(12-9-14-6-7-15-12)19(17,18)16(2)11-4-3-5-13-8-11/h6-7,9-11,13H,3-5,8H2,1-2H3/t10-,11-/m0/s1. The van der Waals surface area contributed by atoms with Crippen LogP contribution in [0.3, 0.4) is 0 Å². The van der Waals surface area contributed by atoms with Crippen LogP contribution < -0.4 is 5.32 Å². The van der Waals surface area contributed by atoms with Gasteiger partial charge in [-0.15, -0.1) is 0 Å². The highest BCUT2D eigenvalue weighted by Gasteiger charge is 2.33. The first-order chi connectivity index (χ1) is 9.03. The van der Waals surface area contributed by atoms with E-state index in [0.717, 1.165) is 19.4 Å². The third-order valence-corrected chi connectivity index (χ3v) is 5.87. The Kier molecular flexibility index (Phi) is 4.49. The fraction of sp³-hybridized carbons (Fsp3) is 0.667. The molecule has 7 heteroatoms. The van der Waals surface area contributed by atoms with Crippen molar-refractivity contribution in [2.75, 3.05) is 20.1 Å². The van der Waals surface area contributed by atoms with Gasteiger partial charge in [0.2, 0.25) is 10.0 Å². The van der Waals surface area contributed by atoms with Gasteiger partial charge in [-0.2, -0.15) is 0 Å². The number of piperidine rings is 1. The molecule has 0 aliphatic carbocycles. The Labute approximate surface area is 114 Å². The number of nitrogens with zero attached hydrogens (tertiary/aromatic N) is 3. The lowest BCUT2D eigenvalue weighted by Crippen LogP contribution is -2.47. The summed E-state index contributed by atoms with van der Waals surface area (Å²) in [6, 6.07) is 0.0258. The summed E-state index contributed by atoms with van der Waals surface area (Å²) >= 11 is 0. The molecule has 0 unspecified atom stereocenters. The van der Waals surface area contributed by atoms with Gasteiger partial charge >= 0.3 is 0 Å². The zero-order chi connectivity index (χ0) is 13.9. The normalized spacial score (nSPS) is 22.4. The Balaban J connectivity index is 2.17. The summed E-state index contributed by atoms with van der Waals surface area (Å²) in [5.74, 6) is 0. The Morgan fingerprint density at radius 3 is 2.84 bits per heavy atom. The molecule has 0 radical (unpaired) electrons. The molecular formula is C12H20N4O2S. The summed E-state index contributed by atoms with van der Waals surface area (Å²) in [6.45, 7) is 3.33. The largest absolute Gasteiger partial charge is 0.315 e. The molecule has 1 aromatic rings. The first kappa shape index (κ1) is 14.4. The Hall–Kier alpha value is -1.05. The summed E-state index contributed by atoms with van der Waals surface area (Å²) in [7, 11) is -1.75. The van der Waals surface area contributed by atoms with Crippen LogP contribution in [-0.2, 0) is 10.0 Å². The van der Waals surface area contributed by atoms with Crippen molar-refractivity contribution in [3.63, 3.8) is 0 Å². The van der Waals surface area contributed by atoms with Gasteiger partial charge in [-0.1, -0.05) is 0 Å². The molecular weight excluding hydrogens is 264 g/mol. The van der Waals surface area contributed by atoms with Crippen LogP contribution in [0.5, 0.6) is 0 Å². The van der Waals surface area contributed by atoms with Gasteiger partial charge in [0.1, 0.15) is 5.25 Å². The van der Waals surface area contributed by atoms with Gasteiger partial charge < -0.3 is 5.32 Å². The molecule has 0 bridgehead atoms. The van der Waals surface area contributed by atoms with Crippen molar-refractivity contribution in [1.82, 2.24) is 19.6 Å². The second-order valence-electron chi connectivity index (χ2n) is 4.83. The molecule has 2 rings (SSSR count). The lowest BCUT2D eigenvalue weighted by molar-refractivity contribution is 0.297. The van der Waals surface area contributed by atoms with Crippen molar-refractivity contribution in [2.45, 2.75) is 31.1 Å². The number of hydrogen-bond donors (Lipinski definition) is 1. The van der Waals surface area contributed by atoms with E-state index in [9.17, 15) is 8.42 Å². The van der Waals surface area contributed by atoms with E-state index in [4.69, 9.17) is 0 Å². The molecule has 1 aromatic heterocycles. The maximum absolute atomic E-state index is 12.6. The molecule has 1 N–H and O–H groups in total. The topological polar surface area (TPSA) is 75.2 Å². The van der Waals surface area contributed by atoms with Gasteiger partial charge in [0, 0.05) is 38.2 Å². The van der Waals surface area contributed by atoms with E-state index >= 15 is 0 Å². The third-order valence-electron chi connectivity index (χ3n) is 3.63. The third kappa shape index (κ3) is 3.10. The van der Waals surface area contributed by atoms with Crippen molar-refractivity contribution >= 4 is 10.0 Å². The molecule has 2 atom stereocenters. The minimum atomic E-state index is -3.40. The minimum absolute atomic E-state index is 0.0258. The maximum Gasteiger partial charge on any atom is 0.222 e. The summed E-state index contributed by atoms with van der Waals surface area (Å²) in [6.07, 6.45) is 6.47. The van der Waals surface area contributed by atoms with Crippen LogP contribution in [0.2, 0.25) is 0 Å². The first-order valence-electron chi connectivity index (χ1n) is 6.47. The highest BCUT2D eigenvalue weighted by Crippen LogP contribution is 2.25. The quantitative estimate of drug-likeness (QED) is 0.874. The summed E-state index contributed by atoms with van der Waals surface area (Å²) in [4.78, 5) is 8.02. The van der Waals surface area contributed by atoms with E-state index in [1.165, 1.54) is 22.9 Å². The molecule has 0 spiro atoms. The van der Waals surface area contributed by atoms with Gasteiger partial charge in [0.15, 0.2) is 0 Å². The lowest BCUT2D eigenvalue weighted by Gasteiger charge is -2.32. The minimum Gasteiger partial charge on any atom is -0.315 e. The summed E-state index contributed by atoms with van der Waals surface area (Å²) in [5.41, 5.74) is 0.484. The Morgan fingerprint density at radius 1 is 1.47 bits per heavy atom. The molecule has 0 aromatic carbocycles. The molecule has 2 heterocycles. The van der Waals surface area contributed by atoms with Crippen LogP contribution in [0.1, 0.15) is 30.7 Å². The molecule has 106 valence electrons. The highest BCUT2D eigenvalue weighted by atomic mass is 32.2. The number of aromatic nitrogens is 2. The number of sulfonamides is 1. The van der Waals surface area contributed by atoms with Gasteiger partial charge in [0.25, 0.3) is 0 Å². The van der Waals surface area contributed by atoms with Crippen molar-refractivity contribution in [1.29, 1.82) is 0 Å². The summed E-state index contributed by atoms with van der Waals surface area (Å²) in [5, 5.41) is 2.56. The second-order valence-corrected chi connectivity index (χ2v) is 7.15. The van der Waals surface area contributed by atoms with Crippen molar-refractivity contribution in [3.8, 4) is 0 Å². The number of nitrogens with one attached hydrogen (secondary N) is 1. The van der Waals surface area contributed by atoms with Crippen LogP contribution in [-0.4, -0.2) is 48.9 Å². The smallest absolute Gasteiger partial charge is 0.222 e. The van der Waals surface area contributed by atoms with Gasteiger partial charge in [0.05, 0.1) is 5.69 Å². The fourth-order valence-electron chi connectivity index (χ4n) is 2.27. The molecule has 1 aliphatic heterocycles. The molecule has 0 amide bonds. The van der Waals surface area contributed by atoms with Crippen LogP contribution in [0.15, 0.2) is 18.6 Å². The lowest BCUT2D eigenvalue weighted by atomic mass is 10.1. The van der Waals surface area contributed by atoms with Crippen LogP contribution in [0.4, 0.5) is 0 Å². The van der Waals surface area contributed by atoms with Crippen molar-refractivity contribution in [2.24, 2.45) is 0 Å². The molecule has 0 saturated carbocycles. The van der Waals surface area contributed by atoms with Crippen LogP contribution >= 0.6 is 0 Å².